The summed E-state index contributed by atoms with van der Waals surface area (Å²) < 4.78 is 46.8. The lowest BCUT2D eigenvalue weighted by molar-refractivity contribution is -0.149. The molecule has 70 heavy (non-hydrogen) atoms. The van der Waals surface area contributed by atoms with Crippen LogP contribution in [0.15, 0.2) is 18.2 Å². The standard InChI is InChI=1S/C52H88O16S2/c1-49(2,3)19-23-63-36-52(37-64-24-20-50(4,5)6,38-65-25-27-67-45(56)14-10-13-42(53)35-41(48(59)60)33-40-17-18-43(54)44(55)34-40)39-66-26-28-68-46(57)15-11-16-47(58)69-31-29-61-21-12-22-62-30-32-70-51(7,8)9/h17-18,34,41,54-55H,10-16,19-33,35-39H2,1-9H3,(H,59,60). The molecule has 0 bridgehead atoms. The normalized spacial score (nSPS) is 12.8. The first-order valence-electron chi connectivity index (χ1n) is 24.7. The van der Waals surface area contributed by atoms with Gasteiger partial charge in [0.25, 0.3) is 0 Å². The molecule has 0 heterocycles. The highest BCUT2D eigenvalue weighted by Gasteiger charge is 2.33. The first-order chi connectivity index (χ1) is 32.9. The summed E-state index contributed by atoms with van der Waals surface area (Å²) in [6.07, 6.45) is 3.11. The summed E-state index contributed by atoms with van der Waals surface area (Å²) in [6, 6.07) is 4.01. The van der Waals surface area contributed by atoms with Crippen molar-refractivity contribution in [2.24, 2.45) is 22.2 Å². The summed E-state index contributed by atoms with van der Waals surface area (Å²) in [7, 11) is 0. The number of rotatable bonds is 41. The fourth-order valence-electron chi connectivity index (χ4n) is 6.31. The van der Waals surface area contributed by atoms with Gasteiger partial charge in [0.1, 0.15) is 19.0 Å². The average Bonchev–Trinajstić information content (AvgIpc) is 3.25. The lowest BCUT2D eigenvalue weighted by Crippen LogP contribution is -2.42. The van der Waals surface area contributed by atoms with E-state index < -0.39 is 29.2 Å². The second kappa shape index (κ2) is 36.0. The van der Waals surface area contributed by atoms with Gasteiger partial charge in [-0.2, -0.15) is 11.8 Å². The molecule has 1 atom stereocenters. The van der Waals surface area contributed by atoms with Gasteiger partial charge >= 0.3 is 17.9 Å². The van der Waals surface area contributed by atoms with Crippen LogP contribution < -0.4 is 0 Å². The zero-order valence-electron chi connectivity index (χ0n) is 43.9. The lowest BCUT2D eigenvalue weighted by atomic mass is 9.91. The van der Waals surface area contributed by atoms with Gasteiger partial charge in [-0.1, -0.05) is 80.1 Å². The number of ether oxygens (including phenoxy) is 8. The van der Waals surface area contributed by atoms with Crippen LogP contribution in [0.4, 0.5) is 0 Å². The number of carboxylic acid groups (broad SMARTS) is 1. The molecule has 0 spiro atoms. The number of aromatic hydroxyl groups is 2. The Labute approximate surface area is 427 Å². The molecule has 0 saturated carbocycles. The molecule has 16 nitrogen and oxygen atoms in total. The summed E-state index contributed by atoms with van der Waals surface area (Å²) in [6.45, 7) is 23.9. The quantitative estimate of drug-likeness (QED) is 0.0317. The van der Waals surface area contributed by atoms with Crippen LogP contribution in [0.3, 0.4) is 0 Å². The van der Waals surface area contributed by atoms with Crippen molar-refractivity contribution >= 4 is 52.3 Å². The molecule has 1 rings (SSSR count). The van der Waals surface area contributed by atoms with Gasteiger partial charge in [-0.25, -0.2) is 0 Å². The van der Waals surface area contributed by atoms with Crippen LogP contribution in [-0.4, -0.2) is 153 Å². The highest BCUT2D eigenvalue weighted by atomic mass is 32.2. The van der Waals surface area contributed by atoms with E-state index in [0.29, 0.717) is 50.8 Å². The first kappa shape index (κ1) is 65.0. The SMILES string of the molecule is CC(C)(C)CCOCC(COCCOC(=O)CCCC(=O)CC(Cc1ccc(O)c(O)c1)C(=O)O)(COCCOC(=O)CCCC(=O)SCCOCCCOCCSC(C)(C)C)COCCC(C)(C)C. The number of carbonyl (C=O) groups excluding carboxylic acids is 4. The molecular weight excluding hydrogens is 945 g/mol. The van der Waals surface area contributed by atoms with Gasteiger partial charge in [-0.3, -0.25) is 24.0 Å². The summed E-state index contributed by atoms with van der Waals surface area (Å²) in [4.78, 5) is 61.8. The number of phenolic OH excluding ortho intramolecular Hbond substituents is 2. The Bertz CT molecular complexity index is 1610. The molecule has 1 aromatic carbocycles. The number of thioether (sulfide) groups is 2. The molecule has 0 radical (unpaired) electrons. The highest BCUT2D eigenvalue weighted by Crippen LogP contribution is 2.28. The fourth-order valence-corrected chi connectivity index (χ4v) is 7.84. The molecule has 0 fully saturated rings. The Morgan fingerprint density at radius 3 is 1.54 bits per heavy atom. The van der Waals surface area contributed by atoms with Crippen LogP contribution in [0, 0.1) is 22.2 Å². The van der Waals surface area contributed by atoms with Crippen molar-refractivity contribution in [2.45, 2.75) is 138 Å². The van der Waals surface area contributed by atoms with E-state index in [-0.39, 0.29) is 136 Å². The predicted molar refractivity (Wildman–Crippen MR) is 274 cm³/mol. The minimum Gasteiger partial charge on any atom is -0.504 e. The van der Waals surface area contributed by atoms with Crippen molar-refractivity contribution < 1.29 is 77.2 Å². The smallest absolute Gasteiger partial charge is 0.307 e. The molecule has 404 valence electrons. The molecular formula is C52H88O16S2. The Kier molecular flexibility index (Phi) is 33.5. The van der Waals surface area contributed by atoms with Crippen molar-refractivity contribution in [3.05, 3.63) is 23.8 Å². The van der Waals surface area contributed by atoms with E-state index in [1.165, 1.54) is 30.0 Å². The highest BCUT2D eigenvalue weighted by molar-refractivity contribution is 8.13. The van der Waals surface area contributed by atoms with Gasteiger partial charge < -0.3 is 53.2 Å². The summed E-state index contributed by atoms with van der Waals surface area (Å²) >= 11 is 3.08. The molecule has 0 aromatic heterocycles. The molecule has 0 amide bonds. The lowest BCUT2D eigenvalue weighted by Gasteiger charge is -2.34. The van der Waals surface area contributed by atoms with Crippen LogP contribution in [-0.2, 0) is 68.3 Å². The summed E-state index contributed by atoms with van der Waals surface area (Å²) in [5.41, 5.74) is -0.165. The number of ketones is 1. The van der Waals surface area contributed by atoms with Crippen molar-refractivity contribution in [3.8, 4) is 11.5 Å². The van der Waals surface area contributed by atoms with E-state index in [0.717, 1.165) is 31.6 Å². The molecule has 3 N–H and O–H groups in total. The minimum atomic E-state index is -1.16. The predicted octanol–water partition coefficient (Wildman–Crippen LogP) is 8.87. The maximum atomic E-state index is 12.6. The van der Waals surface area contributed by atoms with E-state index in [4.69, 9.17) is 37.9 Å². The topological polar surface area (TPSA) is 220 Å². The van der Waals surface area contributed by atoms with Gasteiger partial charge in [0.2, 0.25) is 0 Å². The van der Waals surface area contributed by atoms with Gasteiger partial charge in [0, 0.05) is 74.8 Å². The van der Waals surface area contributed by atoms with Gasteiger partial charge in [0.15, 0.2) is 16.6 Å². The molecule has 0 aliphatic heterocycles. The van der Waals surface area contributed by atoms with Crippen LogP contribution >= 0.6 is 23.5 Å². The maximum Gasteiger partial charge on any atom is 0.307 e. The number of carbonyl (C=O) groups is 5. The third kappa shape index (κ3) is 36.9. The maximum absolute atomic E-state index is 12.6. The molecule has 0 saturated heterocycles. The second-order valence-corrected chi connectivity index (χ2v) is 24.1. The zero-order chi connectivity index (χ0) is 52.5. The van der Waals surface area contributed by atoms with Crippen molar-refractivity contribution in [3.63, 3.8) is 0 Å². The monoisotopic (exact) mass is 1030 g/mol. The second-order valence-electron chi connectivity index (χ2n) is 21.0. The van der Waals surface area contributed by atoms with Crippen molar-refractivity contribution in [1.82, 2.24) is 0 Å². The third-order valence-corrected chi connectivity index (χ3v) is 12.5. The van der Waals surface area contributed by atoms with Crippen LogP contribution in [0.25, 0.3) is 0 Å². The van der Waals surface area contributed by atoms with E-state index in [1.54, 1.807) is 0 Å². The number of benzene rings is 1. The number of aliphatic carboxylic acids is 1. The average molecular weight is 1030 g/mol. The van der Waals surface area contributed by atoms with Crippen LogP contribution in [0.2, 0.25) is 0 Å². The van der Waals surface area contributed by atoms with E-state index >= 15 is 0 Å². The van der Waals surface area contributed by atoms with E-state index in [2.05, 4.69) is 62.3 Å². The minimum absolute atomic E-state index is 0.00492. The molecule has 1 unspecified atom stereocenters. The summed E-state index contributed by atoms with van der Waals surface area (Å²) in [5.74, 6) is -2.62. The fraction of sp³-hybridized carbons (Fsp3) is 0.788. The van der Waals surface area contributed by atoms with Crippen molar-refractivity contribution in [2.75, 3.05) is 104 Å². The summed E-state index contributed by atoms with van der Waals surface area (Å²) in [5, 5.41) is 28.9. The van der Waals surface area contributed by atoms with E-state index in [9.17, 15) is 39.3 Å². The number of hydrogen-bond acceptors (Lipinski definition) is 17. The molecule has 18 heteroatoms. The van der Waals surface area contributed by atoms with Gasteiger partial charge in [-0.15, -0.1) is 0 Å². The number of hydrogen-bond donors (Lipinski definition) is 3. The number of esters is 2. The molecule has 0 aliphatic carbocycles. The van der Waals surface area contributed by atoms with Gasteiger partial charge in [0.05, 0.1) is 64.2 Å². The zero-order valence-corrected chi connectivity index (χ0v) is 45.5. The Morgan fingerprint density at radius 1 is 0.557 bits per heavy atom. The molecule has 1 aromatic rings. The van der Waals surface area contributed by atoms with Crippen LogP contribution in [0.5, 0.6) is 11.5 Å². The van der Waals surface area contributed by atoms with Gasteiger partial charge in [-0.05, 0) is 67.1 Å². The number of Topliss-reactive ketones (excluding diaryl/α,β-unsaturated/α-hetero) is 1. The Morgan fingerprint density at radius 2 is 1.06 bits per heavy atom. The Balaban J connectivity index is 2.57. The number of phenols is 2. The first-order valence-corrected chi connectivity index (χ1v) is 26.7. The largest absolute Gasteiger partial charge is 0.504 e. The number of carboxylic acids is 1. The van der Waals surface area contributed by atoms with E-state index in [1.807, 2.05) is 11.8 Å². The third-order valence-electron chi connectivity index (χ3n) is 10.4. The van der Waals surface area contributed by atoms with Crippen LogP contribution in [0.1, 0.15) is 132 Å². The molecule has 0 aliphatic rings. The Hall–Kier alpha value is -2.97. The van der Waals surface area contributed by atoms with Crippen molar-refractivity contribution in [1.29, 1.82) is 0 Å².